The van der Waals surface area contributed by atoms with Crippen LogP contribution in [0.5, 0.6) is 5.75 Å². The minimum Gasteiger partial charge on any atom is -0.508 e. The molecule has 1 N–H and O–H groups in total. The minimum absolute atomic E-state index is 0.189. The van der Waals surface area contributed by atoms with Crippen LogP contribution in [0.25, 0.3) is 0 Å². The molecule has 0 spiro atoms. The van der Waals surface area contributed by atoms with Gasteiger partial charge in [-0.15, -0.1) is 0 Å². The Morgan fingerprint density at radius 3 is 1.93 bits per heavy atom. The summed E-state index contributed by atoms with van der Waals surface area (Å²) in [4.78, 5) is 0. The molecule has 0 unspecified atom stereocenters. The van der Waals surface area contributed by atoms with E-state index in [0.29, 0.717) is 5.56 Å². The van der Waals surface area contributed by atoms with E-state index in [2.05, 4.69) is 13.8 Å². The molecule has 0 aliphatic rings. The van der Waals surface area contributed by atoms with Crippen LogP contribution in [0.4, 0.5) is 0 Å². The van der Waals surface area contributed by atoms with Gasteiger partial charge in [0.1, 0.15) is 5.75 Å². The van der Waals surface area contributed by atoms with Gasteiger partial charge in [-0.3, -0.25) is 0 Å². The Kier molecular flexibility index (Phi) is 7.26. The van der Waals surface area contributed by atoms with Crippen molar-refractivity contribution in [2.75, 3.05) is 0 Å². The molecule has 0 aliphatic carbocycles. The van der Waals surface area contributed by atoms with Crippen molar-refractivity contribution < 1.29 is 5.11 Å². The van der Waals surface area contributed by atoms with E-state index in [9.17, 15) is 0 Å². The molecule has 0 saturated heterocycles. The van der Waals surface area contributed by atoms with E-state index < -0.39 is 0 Å². The minimum atomic E-state index is 0.189. The van der Waals surface area contributed by atoms with Crippen LogP contribution >= 0.6 is 0 Å². The quantitative estimate of drug-likeness (QED) is 0.778. The van der Waals surface area contributed by atoms with Crippen LogP contribution in [0.15, 0.2) is 24.3 Å². The third-order valence-electron chi connectivity index (χ3n) is 1.70. The Morgan fingerprint density at radius 1 is 1.14 bits per heavy atom. The molecule has 0 heterocycles. The van der Waals surface area contributed by atoms with Crippen molar-refractivity contribution in [1.29, 1.82) is 5.26 Å². The Morgan fingerprint density at radius 2 is 1.64 bits per heavy atom. The molecule has 0 bridgehead atoms. The van der Waals surface area contributed by atoms with Crippen molar-refractivity contribution in [1.82, 2.24) is 0 Å². The van der Waals surface area contributed by atoms with Gasteiger partial charge in [-0.2, -0.15) is 5.26 Å². The maximum absolute atomic E-state index is 8.74. The van der Waals surface area contributed by atoms with E-state index in [1.807, 2.05) is 6.07 Å². The predicted octanol–water partition coefficient (Wildman–Crippen LogP) is 3.46. The second-order valence-corrected chi connectivity index (χ2v) is 3.01. The van der Waals surface area contributed by atoms with Gasteiger partial charge in [0.05, 0.1) is 11.6 Å². The molecule has 2 heteroatoms. The molecule has 1 aromatic carbocycles. The van der Waals surface area contributed by atoms with E-state index in [0.717, 1.165) is 0 Å². The topological polar surface area (TPSA) is 44.0 Å². The highest BCUT2D eigenvalue weighted by Crippen LogP contribution is 2.07. The molecule has 2 nitrogen and oxygen atoms in total. The fourth-order valence-electron chi connectivity index (χ4n) is 0.890. The van der Waals surface area contributed by atoms with Gasteiger partial charge in [-0.05, 0) is 24.3 Å². The van der Waals surface area contributed by atoms with Crippen LogP contribution < -0.4 is 0 Å². The van der Waals surface area contributed by atoms with Gasteiger partial charge in [0.2, 0.25) is 0 Å². The summed E-state index contributed by atoms with van der Waals surface area (Å²) in [5.41, 5.74) is 0.563. The lowest BCUT2D eigenvalue weighted by molar-refractivity contribution is 0.475. The van der Waals surface area contributed by atoms with Crippen LogP contribution in [0.1, 0.15) is 38.7 Å². The van der Waals surface area contributed by atoms with Gasteiger partial charge in [-0.25, -0.2) is 0 Å². The number of phenols is 1. The largest absolute Gasteiger partial charge is 0.508 e. The van der Waals surface area contributed by atoms with E-state index in [4.69, 9.17) is 10.4 Å². The smallest absolute Gasteiger partial charge is 0.115 e. The molecule has 1 rings (SSSR count). The van der Waals surface area contributed by atoms with Crippen molar-refractivity contribution in [3.8, 4) is 11.8 Å². The van der Waals surface area contributed by atoms with Crippen molar-refractivity contribution in [3.63, 3.8) is 0 Å². The summed E-state index contributed by atoms with van der Waals surface area (Å²) in [7, 11) is 0. The first-order valence-corrected chi connectivity index (χ1v) is 4.93. The zero-order valence-electron chi connectivity index (χ0n) is 8.83. The molecule has 76 valence electrons. The highest BCUT2D eigenvalue weighted by atomic mass is 16.3. The summed E-state index contributed by atoms with van der Waals surface area (Å²) < 4.78 is 0. The molecule has 1 aromatic rings. The van der Waals surface area contributed by atoms with Crippen LogP contribution in [0.3, 0.4) is 0 Å². The number of hydrogen-bond donors (Lipinski definition) is 1. The first-order valence-electron chi connectivity index (χ1n) is 4.93. The lowest BCUT2D eigenvalue weighted by Crippen LogP contribution is -1.69. The van der Waals surface area contributed by atoms with Gasteiger partial charge >= 0.3 is 0 Å². The van der Waals surface area contributed by atoms with Gasteiger partial charge < -0.3 is 5.11 Å². The average molecular weight is 191 g/mol. The fourth-order valence-corrected chi connectivity index (χ4v) is 0.890. The van der Waals surface area contributed by atoms with Crippen LogP contribution in [0, 0.1) is 11.3 Å². The standard InChI is InChI=1S/C7H5NO.C5H12/c8-5-6-1-3-7(9)4-2-6;1-3-5-4-2/h1-4,9H;3-5H2,1-2H3. The van der Waals surface area contributed by atoms with Crippen molar-refractivity contribution in [2.24, 2.45) is 0 Å². The van der Waals surface area contributed by atoms with Gasteiger partial charge in [0.25, 0.3) is 0 Å². The van der Waals surface area contributed by atoms with E-state index in [1.165, 1.54) is 31.4 Å². The molecular weight excluding hydrogens is 174 g/mol. The maximum Gasteiger partial charge on any atom is 0.115 e. The number of unbranched alkanes of at least 4 members (excludes halogenated alkanes) is 2. The number of nitrogens with zero attached hydrogens (tertiary/aromatic N) is 1. The molecule has 0 aliphatic heterocycles. The summed E-state index contributed by atoms with van der Waals surface area (Å²) in [6.45, 7) is 4.42. The molecule has 0 radical (unpaired) electrons. The van der Waals surface area contributed by atoms with Crippen molar-refractivity contribution in [2.45, 2.75) is 33.1 Å². The molecule has 0 aromatic heterocycles. The molecule has 14 heavy (non-hydrogen) atoms. The van der Waals surface area contributed by atoms with Crippen molar-refractivity contribution in [3.05, 3.63) is 29.8 Å². The first kappa shape index (κ1) is 12.5. The zero-order valence-corrected chi connectivity index (χ0v) is 8.83. The Labute approximate surface area is 85.8 Å². The van der Waals surface area contributed by atoms with Gasteiger partial charge in [-0.1, -0.05) is 33.1 Å². The molecular formula is C12H17NO. The SMILES string of the molecule is CCCCC.N#Cc1ccc(O)cc1. The average Bonchev–Trinajstić information content (AvgIpc) is 2.21. The zero-order chi connectivity index (χ0) is 10.8. The van der Waals surface area contributed by atoms with Crippen LogP contribution in [0.2, 0.25) is 0 Å². The molecule has 0 fully saturated rings. The number of phenolic OH excluding ortho intramolecular Hbond substituents is 1. The fraction of sp³-hybridized carbons (Fsp3) is 0.417. The Bertz CT molecular complexity index is 269. The number of aromatic hydroxyl groups is 1. The summed E-state index contributed by atoms with van der Waals surface area (Å²) >= 11 is 0. The predicted molar refractivity (Wildman–Crippen MR) is 58.0 cm³/mol. The highest BCUT2D eigenvalue weighted by Gasteiger charge is 1.86. The summed E-state index contributed by atoms with van der Waals surface area (Å²) in [5, 5.41) is 17.0. The molecule has 0 saturated carbocycles. The van der Waals surface area contributed by atoms with E-state index >= 15 is 0 Å². The monoisotopic (exact) mass is 191 g/mol. The van der Waals surface area contributed by atoms with Gasteiger partial charge in [0.15, 0.2) is 0 Å². The first-order chi connectivity index (χ1) is 6.74. The summed E-state index contributed by atoms with van der Waals surface area (Å²) in [5.74, 6) is 0.189. The maximum atomic E-state index is 8.74. The second kappa shape index (κ2) is 8.12. The Hall–Kier alpha value is -1.49. The summed E-state index contributed by atoms with van der Waals surface area (Å²) in [6.07, 6.45) is 4.08. The number of rotatable bonds is 2. The lowest BCUT2D eigenvalue weighted by atomic mass is 10.2. The molecule has 0 amide bonds. The van der Waals surface area contributed by atoms with Crippen LogP contribution in [-0.4, -0.2) is 5.11 Å². The summed E-state index contributed by atoms with van der Waals surface area (Å²) in [6, 6.07) is 8.04. The second-order valence-electron chi connectivity index (χ2n) is 3.01. The third kappa shape index (κ3) is 6.07. The van der Waals surface area contributed by atoms with Crippen LogP contribution in [-0.2, 0) is 0 Å². The number of benzene rings is 1. The number of hydrogen-bond acceptors (Lipinski definition) is 2. The van der Waals surface area contributed by atoms with Crippen molar-refractivity contribution >= 4 is 0 Å². The van der Waals surface area contributed by atoms with Gasteiger partial charge in [0, 0.05) is 0 Å². The highest BCUT2D eigenvalue weighted by molar-refractivity contribution is 5.33. The Balaban J connectivity index is 0.000000292. The third-order valence-corrected chi connectivity index (χ3v) is 1.70. The van der Waals surface area contributed by atoms with E-state index in [-0.39, 0.29) is 5.75 Å². The molecule has 0 atom stereocenters. The lowest BCUT2D eigenvalue weighted by Gasteiger charge is -1.87. The van der Waals surface area contributed by atoms with E-state index in [1.54, 1.807) is 12.1 Å². The normalized spacial score (nSPS) is 8.36. The number of nitriles is 1.